The van der Waals surface area contributed by atoms with Crippen LogP contribution in [-0.4, -0.2) is 6.61 Å². The summed E-state index contributed by atoms with van der Waals surface area (Å²) in [5.41, 5.74) is 2.44. The number of benzene rings is 2. The molecule has 0 saturated heterocycles. The lowest BCUT2D eigenvalue weighted by atomic mass is 9.77. The summed E-state index contributed by atoms with van der Waals surface area (Å²) in [7, 11) is 0. The van der Waals surface area contributed by atoms with E-state index in [-0.39, 0.29) is 12.5 Å². The van der Waals surface area contributed by atoms with E-state index in [4.69, 9.17) is 4.74 Å². The van der Waals surface area contributed by atoms with Crippen molar-refractivity contribution in [3.8, 4) is 0 Å². The second kappa shape index (κ2) is 14.3. The van der Waals surface area contributed by atoms with E-state index in [1.165, 1.54) is 56.2 Å². The maximum atomic E-state index is 14.8. The van der Waals surface area contributed by atoms with Gasteiger partial charge in [-0.3, -0.25) is 0 Å². The number of ether oxygens (including phenoxy) is 1. The van der Waals surface area contributed by atoms with Crippen molar-refractivity contribution in [2.45, 2.75) is 102 Å². The Morgan fingerprint density at radius 1 is 0.821 bits per heavy atom. The summed E-state index contributed by atoms with van der Waals surface area (Å²) in [6.07, 6.45) is 16.9. The Morgan fingerprint density at radius 2 is 1.46 bits per heavy atom. The largest absolute Gasteiger partial charge is 0.386 e. The predicted molar refractivity (Wildman–Crippen MR) is 155 cm³/mol. The van der Waals surface area contributed by atoms with Crippen molar-refractivity contribution < 1.29 is 17.9 Å². The average molecular weight is 539 g/mol. The molecule has 0 N–H and O–H groups in total. The number of hydrogen-bond donors (Lipinski definition) is 0. The quantitative estimate of drug-likeness (QED) is 0.259. The Balaban J connectivity index is 1.24. The zero-order valence-electron chi connectivity index (χ0n) is 23.7. The minimum Gasteiger partial charge on any atom is -0.316 e. The van der Waals surface area contributed by atoms with Crippen LogP contribution in [0.4, 0.5) is 13.2 Å². The molecule has 1 nitrogen and oxygen atoms in total. The highest BCUT2D eigenvalue weighted by molar-refractivity contribution is 5.30. The van der Waals surface area contributed by atoms with Crippen molar-refractivity contribution >= 4 is 0 Å². The first-order chi connectivity index (χ1) is 18.9. The number of hydrogen-bond acceptors (Lipinski definition) is 1. The first-order valence-corrected chi connectivity index (χ1v) is 15.0. The molecule has 0 amide bonds. The van der Waals surface area contributed by atoms with Crippen LogP contribution in [0, 0.1) is 17.7 Å². The van der Waals surface area contributed by atoms with Crippen LogP contribution >= 0.6 is 0 Å². The molecule has 0 aliphatic heterocycles. The van der Waals surface area contributed by atoms with Gasteiger partial charge >= 0.3 is 6.11 Å². The second-order valence-electron chi connectivity index (χ2n) is 11.6. The molecule has 39 heavy (non-hydrogen) atoms. The molecule has 2 aliphatic rings. The van der Waals surface area contributed by atoms with E-state index in [1.807, 2.05) is 19.1 Å². The first-order valence-electron chi connectivity index (χ1n) is 15.0. The molecular formula is C35H45F3O. The first kappa shape index (κ1) is 29.6. The summed E-state index contributed by atoms with van der Waals surface area (Å²) in [5, 5.41) is 0. The van der Waals surface area contributed by atoms with E-state index < -0.39 is 17.5 Å². The molecule has 0 heterocycles. The average Bonchev–Trinajstić information content (AvgIpc) is 2.94. The fraction of sp³-hybridized carbons (Fsp3) is 0.543. The van der Waals surface area contributed by atoms with Crippen molar-refractivity contribution in [3.63, 3.8) is 0 Å². The molecule has 4 heteroatoms. The van der Waals surface area contributed by atoms with Gasteiger partial charge in [0.05, 0.1) is 12.2 Å². The van der Waals surface area contributed by atoms with E-state index in [9.17, 15) is 13.2 Å². The second-order valence-corrected chi connectivity index (χ2v) is 11.6. The van der Waals surface area contributed by atoms with Gasteiger partial charge in [-0.25, -0.2) is 4.39 Å². The Kier molecular flexibility index (Phi) is 10.9. The summed E-state index contributed by atoms with van der Waals surface area (Å²) in [6, 6.07) is 12.5. The molecule has 2 aliphatic carbocycles. The van der Waals surface area contributed by atoms with Crippen LogP contribution in [0.2, 0.25) is 0 Å². The maximum absolute atomic E-state index is 14.8. The summed E-state index contributed by atoms with van der Waals surface area (Å²) in [4.78, 5) is 0. The van der Waals surface area contributed by atoms with Gasteiger partial charge in [-0.15, -0.1) is 0 Å². The summed E-state index contributed by atoms with van der Waals surface area (Å²) in [5.74, 6) is 1.34. The van der Waals surface area contributed by atoms with Crippen molar-refractivity contribution in [2.24, 2.45) is 11.8 Å². The Bertz CT molecular complexity index is 1070. The van der Waals surface area contributed by atoms with Gasteiger partial charge in [-0.1, -0.05) is 54.6 Å². The highest BCUT2D eigenvalue weighted by atomic mass is 19.3. The number of rotatable bonds is 11. The van der Waals surface area contributed by atoms with Gasteiger partial charge < -0.3 is 4.74 Å². The zero-order chi connectivity index (χ0) is 27.7. The molecule has 4 rings (SSSR count). The van der Waals surface area contributed by atoms with Gasteiger partial charge in [0.15, 0.2) is 0 Å². The van der Waals surface area contributed by atoms with Crippen LogP contribution in [-0.2, 0) is 17.3 Å². The van der Waals surface area contributed by atoms with Gasteiger partial charge in [-0.2, -0.15) is 8.78 Å². The third-order valence-corrected chi connectivity index (χ3v) is 8.96. The molecule has 0 bridgehead atoms. The Hall–Kier alpha value is -2.33. The maximum Gasteiger partial charge on any atom is 0.386 e. The van der Waals surface area contributed by atoms with E-state index >= 15 is 0 Å². The third-order valence-electron chi connectivity index (χ3n) is 8.96. The molecule has 212 valence electrons. The standard InChI is InChI=1S/C35H45F3O/c1-3-5-6-8-27-11-15-29(16-12-27)30-17-13-28(14-18-30)23-24-39-35(37,38)33-22-21-32(25-34(33)36)31-19-9-26(7-4-2)10-20-31/h3-5,7,13-14,17-18,21-22,25-27,29,31H,6,8-12,15-16,19-20,23-24H2,1-2H3/b5-3+,7-4+. The molecule has 2 aromatic carbocycles. The molecular weight excluding hydrogens is 493 g/mol. The number of alkyl halides is 2. The molecule has 0 unspecified atom stereocenters. The van der Waals surface area contributed by atoms with E-state index in [0.29, 0.717) is 18.3 Å². The minimum absolute atomic E-state index is 0.167. The van der Waals surface area contributed by atoms with E-state index in [1.54, 1.807) is 6.07 Å². The van der Waals surface area contributed by atoms with Crippen LogP contribution in [0.1, 0.15) is 112 Å². The van der Waals surface area contributed by atoms with Crippen LogP contribution in [0.15, 0.2) is 66.8 Å². The van der Waals surface area contributed by atoms with Gasteiger partial charge in [0.1, 0.15) is 5.82 Å². The van der Waals surface area contributed by atoms with Gasteiger partial charge in [0.25, 0.3) is 0 Å². The topological polar surface area (TPSA) is 9.23 Å². The smallest absolute Gasteiger partial charge is 0.316 e. The monoisotopic (exact) mass is 538 g/mol. The summed E-state index contributed by atoms with van der Waals surface area (Å²) >= 11 is 0. The van der Waals surface area contributed by atoms with Crippen molar-refractivity contribution in [1.82, 2.24) is 0 Å². The minimum atomic E-state index is -3.66. The van der Waals surface area contributed by atoms with Crippen molar-refractivity contribution in [2.75, 3.05) is 6.61 Å². The summed E-state index contributed by atoms with van der Waals surface area (Å²) < 4.78 is 49.3. The van der Waals surface area contributed by atoms with E-state index in [0.717, 1.165) is 42.7 Å². The zero-order valence-corrected chi connectivity index (χ0v) is 23.7. The van der Waals surface area contributed by atoms with Crippen molar-refractivity contribution in [1.29, 1.82) is 0 Å². The van der Waals surface area contributed by atoms with Crippen LogP contribution < -0.4 is 0 Å². The Labute approximate surface area is 233 Å². The van der Waals surface area contributed by atoms with Gasteiger partial charge in [0.2, 0.25) is 0 Å². The van der Waals surface area contributed by atoms with Crippen LogP contribution in [0.3, 0.4) is 0 Å². The summed E-state index contributed by atoms with van der Waals surface area (Å²) in [6.45, 7) is 3.94. The fourth-order valence-corrected chi connectivity index (χ4v) is 6.55. The predicted octanol–water partition coefficient (Wildman–Crippen LogP) is 10.6. The molecule has 2 fully saturated rings. The highest BCUT2D eigenvalue weighted by Crippen LogP contribution is 2.40. The number of halogens is 3. The highest BCUT2D eigenvalue weighted by Gasteiger charge is 2.36. The lowest BCUT2D eigenvalue weighted by molar-refractivity contribution is -0.249. The normalized spacial score (nSPS) is 24.5. The molecule has 0 spiro atoms. The SMILES string of the molecule is C/C=C/CCC1CCC(c2ccc(CCOC(F)(F)c3ccc(C4CCC(/C=C/C)CC4)cc3F)cc2)CC1. The number of allylic oxidation sites excluding steroid dienone is 4. The molecule has 0 atom stereocenters. The lowest BCUT2D eigenvalue weighted by Crippen LogP contribution is -2.22. The van der Waals surface area contributed by atoms with Crippen molar-refractivity contribution in [3.05, 3.63) is 94.8 Å². The van der Waals surface area contributed by atoms with Crippen LogP contribution in [0.5, 0.6) is 0 Å². The van der Waals surface area contributed by atoms with Gasteiger partial charge in [0, 0.05) is 0 Å². The van der Waals surface area contributed by atoms with Gasteiger partial charge in [-0.05, 0) is 137 Å². The molecule has 2 aromatic rings. The third kappa shape index (κ3) is 8.33. The lowest BCUT2D eigenvalue weighted by Gasteiger charge is -2.28. The van der Waals surface area contributed by atoms with E-state index in [2.05, 4.69) is 43.4 Å². The fourth-order valence-electron chi connectivity index (χ4n) is 6.55. The Morgan fingerprint density at radius 3 is 2.10 bits per heavy atom. The molecule has 0 radical (unpaired) electrons. The molecule has 0 aromatic heterocycles. The van der Waals surface area contributed by atoms with Crippen LogP contribution in [0.25, 0.3) is 0 Å². The molecule has 2 saturated carbocycles.